The second-order valence-corrected chi connectivity index (χ2v) is 7.61. The molecule has 1 rings (SSSR count). The Kier molecular flexibility index (Phi) is 6.34. The fourth-order valence-corrected chi connectivity index (χ4v) is 3.84. The van der Waals surface area contributed by atoms with Gasteiger partial charge < -0.3 is 14.4 Å². The highest BCUT2D eigenvalue weighted by molar-refractivity contribution is 7.57. The van der Waals surface area contributed by atoms with Gasteiger partial charge >= 0.3 is 13.5 Å². The fraction of sp³-hybridized carbons (Fsp3) is 0.467. The Bertz CT molecular complexity index is 656. The molecule has 0 amide bonds. The zero-order valence-corrected chi connectivity index (χ0v) is 14.5. The number of carboxylic acid groups (broad SMARTS) is 1. The van der Waals surface area contributed by atoms with Crippen molar-refractivity contribution >= 4 is 13.5 Å². The van der Waals surface area contributed by atoms with Crippen molar-refractivity contribution in [3.63, 3.8) is 0 Å². The Morgan fingerprint density at radius 3 is 2.65 bits per heavy atom. The molecule has 0 aromatic heterocycles. The molecular formula is C15H21N2O5P. The maximum absolute atomic E-state index is 13.0. The first-order valence-corrected chi connectivity index (χ1v) is 8.78. The summed E-state index contributed by atoms with van der Waals surface area (Å²) in [4.78, 5) is 11.6. The topological polar surface area (TPSA) is 109 Å². The normalized spacial score (nSPS) is 16.2. The van der Waals surface area contributed by atoms with Gasteiger partial charge in [-0.1, -0.05) is 19.9 Å². The number of nitrogens with zero attached hydrogens (tertiary/aromatic N) is 1. The third-order valence-electron chi connectivity index (χ3n) is 3.52. The number of nitrogens with one attached hydrogen (secondary N) is 1. The van der Waals surface area contributed by atoms with Crippen LogP contribution in [0.15, 0.2) is 24.3 Å². The summed E-state index contributed by atoms with van der Waals surface area (Å²) in [5.41, 5.74) is -1.11. The van der Waals surface area contributed by atoms with E-state index in [1.165, 1.54) is 26.2 Å². The maximum Gasteiger partial charge on any atom is 0.342 e. The van der Waals surface area contributed by atoms with Crippen LogP contribution < -0.4 is 9.61 Å². The molecule has 0 aliphatic heterocycles. The van der Waals surface area contributed by atoms with Crippen LogP contribution in [-0.2, 0) is 14.1 Å². The largest absolute Gasteiger partial charge is 0.480 e. The van der Waals surface area contributed by atoms with Gasteiger partial charge in [-0.2, -0.15) is 5.26 Å². The van der Waals surface area contributed by atoms with Crippen molar-refractivity contribution in [2.24, 2.45) is 5.92 Å². The maximum atomic E-state index is 13.0. The molecule has 0 saturated heterocycles. The van der Waals surface area contributed by atoms with Crippen LogP contribution in [0.5, 0.6) is 5.75 Å². The molecule has 1 aromatic carbocycles. The number of carboxylic acids is 1. The van der Waals surface area contributed by atoms with E-state index >= 15 is 0 Å². The van der Waals surface area contributed by atoms with Gasteiger partial charge in [-0.15, -0.1) is 0 Å². The first-order chi connectivity index (χ1) is 10.7. The number of aliphatic carboxylic acids is 1. The van der Waals surface area contributed by atoms with Crippen LogP contribution in [0.3, 0.4) is 0 Å². The predicted octanol–water partition coefficient (Wildman–Crippen LogP) is 2.82. The molecule has 0 aliphatic rings. The van der Waals surface area contributed by atoms with E-state index in [1.807, 2.05) is 6.07 Å². The van der Waals surface area contributed by atoms with Crippen LogP contribution in [-0.4, -0.2) is 30.1 Å². The number of hydrogen-bond acceptors (Lipinski definition) is 5. The zero-order chi connectivity index (χ0) is 17.7. The van der Waals surface area contributed by atoms with Crippen LogP contribution in [0.25, 0.3) is 0 Å². The van der Waals surface area contributed by atoms with Gasteiger partial charge in [-0.25, -0.2) is 5.09 Å². The van der Waals surface area contributed by atoms with E-state index in [1.54, 1.807) is 26.0 Å². The molecule has 0 saturated carbocycles. The molecule has 0 spiro atoms. The van der Waals surface area contributed by atoms with Crippen LogP contribution >= 0.6 is 7.52 Å². The van der Waals surface area contributed by atoms with Crippen molar-refractivity contribution in [1.29, 1.82) is 5.26 Å². The Labute approximate surface area is 135 Å². The van der Waals surface area contributed by atoms with Crippen molar-refractivity contribution in [3.05, 3.63) is 29.8 Å². The highest BCUT2D eigenvalue weighted by Gasteiger charge is 2.43. The lowest BCUT2D eigenvalue weighted by molar-refractivity contribution is -0.145. The summed E-state index contributed by atoms with van der Waals surface area (Å²) in [5, 5.41) is 21.0. The van der Waals surface area contributed by atoms with E-state index < -0.39 is 19.0 Å². The van der Waals surface area contributed by atoms with E-state index in [0.29, 0.717) is 5.56 Å². The molecule has 2 N–H and O–H groups in total. The van der Waals surface area contributed by atoms with Gasteiger partial charge in [0.25, 0.3) is 0 Å². The Hall–Kier alpha value is -1.87. The molecule has 1 aromatic rings. The Morgan fingerprint density at radius 1 is 1.52 bits per heavy atom. The van der Waals surface area contributed by atoms with Gasteiger partial charge in [0.1, 0.15) is 17.6 Å². The molecule has 8 heteroatoms. The van der Waals surface area contributed by atoms with Gasteiger partial charge in [0.05, 0.1) is 11.6 Å². The summed E-state index contributed by atoms with van der Waals surface area (Å²) < 4.78 is 23.4. The van der Waals surface area contributed by atoms with Gasteiger partial charge in [0.2, 0.25) is 0 Å². The fourth-order valence-electron chi connectivity index (χ4n) is 1.82. The van der Waals surface area contributed by atoms with E-state index in [-0.39, 0.29) is 18.0 Å². The van der Waals surface area contributed by atoms with Gasteiger partial charge in [-0.05, 0) is 31.0 Å². The first-order valence-electron chi connectivity index (χ1n) is 6.97. The smallest absolute Gasteiger partial charge is 0.342 e. The zero-order valence-electron chi connectivity index (χ0n) is 13.6. The number of carbonyl (C=O) groups is 1. The molecule has 126 valence electrons. The minimum absolute atomic E-state index is 0.202. The van der Waals surface area contributed by atoms with Gasteiger partial charge in [0, 0.05) is 7.11 Å². The minimum atomic E-state index is -3.66. The standard InChI is InChI=1S/C15H21N2O5P/c1-11(2)15(3,14(18)19)17-23(20,10-21-4)22-13-7-5-6-12(8-13)9-16/h5-8,11H,10H2,1-4H3,(H,17,20)(H,18,19)/t15-,23?/m0/s1. The van der Waals surface area contributed by atoms with Gasteiger partial charge in [-0.3, -0.25) is 9.36 Å². The molecule has 7 nitrogen and oxygen atoms in total. The SMILES string of the molecule is COCP(=O)(N[C@](C)(C(=O)O)C(C)C)Oc1cccc(C#N)c1. The summed E-state index contributed by atoms with van der Waals surface area (Å²) in [7, 11) is -2.32. The summed E-state index contributed by atoms with van der Waals surface area (Å²) >= 11 is 0. The average Bonchev–Trinajstić information content (AvgIpc) is 2.46. The van der Waals surface area contributed by atoms with E-state index in [9.17, 15) is 14.5 Å². The van der Waals surface area contributed by atoms with E-state index in [0.717, 1.165) is 0 Å². The lowest BCUT2D eigenvalue weighted by Crippen LogP contribution is -2.52. The predicted molar refractivity (Wildman–Crippen MR) is 85.3 cm³/mol. The summed E-state index contributed by atoms with van der Waals surface area (Å²) in [6.07, 6.45) is -0.306. The van der Waals surface area contributed by atoms with Crippen molar-refractivity contribution in [3.8, 4) is 11.8 Å². The summed E-state index contributed by atoms with van der Waals surface area (Å²) in [6, 6.07) is 8.09. The molecule has 0 aliphatic carbocycles. The lowest BCUT2D eigenvalue weighted by Gasteiger charge is -2.34. The monoisotopic (exact) mass is 340 g/mol. The number of ether oxygens (including phenoxy) is 1. The lowest BCUT2D eigenvalue weighted by atomic mass is 9.90. The Morgan fingerprint density at radius 2 is 2.17 bits per heavy atom. The van der Waals surface area contributed by atoms with Crippen molar-refractivity contribution in [1.82, 2.24) is 5.09 Å². The van der Waals surface area contributed by atoms with Crippen molar-refractivity contribution in [2.75, 3.05) is 13.5 Å². The highest BCUT2D eigenvalue weighted by Crippen LogP contribution is 2.46. The minimum Gasteiger partial charge on any atom is -0.480 e. The molecule has 0 bridgehead atoms. The van der Waals surface area contributed by atoms with Crippen LogP contribution in [0.4, 0.5) is 0 Å². The third kappa shape index (κ3) is 4.80. The molecular weight excluding hydrogens is 319 g/mol. The third-order valence-corrected chi connectivity index (χ3v) is 5.43. The number of nitriles is 1. The molecule has 1 unspecified atom stereocenters. The average molecular weight is 340 g/mol. The first kappa shape index (κ1) is 19.2. The second kappa shape index (κ2) is 7.60. The van der Waals surface area contributed by atoms with Crippen LogP contribution in [0.2, 0.25) is 0 Å². The molecule has 0 radical (unpaired) electrons. The molecule has 0 heterocycles. The van der Waals surface area contributed by atoms with Crippen LogP contribution in [0.1, 0.15) is 26.3 Å². The highest BCUT2D eigenvalue weighted by atomic mass is 31.2. The van der Waals surface area contributed by atoms with Crippen molar-refractivity contribution in [2.45, 2.75) is 26.3 Å². The molecule has 23 heavy (non-hydrogen) atoms. The van der Waals surface area contributed by atoms with E-state index in [4.69, 9.17) is 14.5 Å². The molecule has 2 atom stereocenters. The van der Waals surface area contributed by atoms with Gasteiger partial charge in [0.15, 0.2) is 0 Å². The number of rotatable bonds is 8. The quantitative estimate of drug-likeness (QED) is 0.700. The summed E-state index contributed by atoms with van der Waals surface area (Å²) in [5.74, 6) is -1.29. The number of hydrogen-bond donors (Lipinski definition) is 2. The molecule has 0 fully saturated rings. The number of methoxy groups -OCH3 is 1. The second-order valence-electron chi connectivity index (χ2n) is 5.60. The van der Waals surface area contributed by atoms with E-state index in [2.05, 4.69) is 5.09 Å². The summed E-state index contributed by atoms with van der Waals surface area (Å²) in [6.45, 7) is 4.85. The number of benzene rings is 1. The van der Waals surface area contributed by atoms with Crippen LogP contribution in [0, 0.1) is 17.2 Å². The Balaban J connectivity index is 3.14. The van der Waals surface area contributed by atoms with Crippen molar-refractivity contribution < 1.29 is 23.7 Å².